The Kier molecular flexibility index (Phi) is 6.42. The van der Waals surface area contributed by atoms with Crippen LogP contribution in [0.3, 0.4) is 0 Å². The highest BCUT2D eigenvalue weighted by Crippen LogP contribution is 2.40. The molecule has 0 bridgehead atoms. The predicted octanol–water partition coefficient (Wildman–Crippen LogP) is 10.4. The summed E-state index contributed by atoms with van der Waals surface area (Å²) in [5.74, 6) is 1.05. The second kappa shape index (κ2) is 10.4. The molecule has 1 aromatic heterocycles. The summed E-state index contributed by atoms with van der Waals surface area (Å²) in [6, 6.07) is 26.8. The Bertz CT molecular complexity index is 1660. The third kappa shape index (κ3) is 4.75. The minimum Gasteiger partial charge on any atom is -0.315 e. The van der Waals surface area contributed by atoms with Gasteiger partial charge >= 0.3 is 0 Å². The molecule has 0 saturated heterocycles. The lowest BCUT2D eigenvalue weighted by molar-refractivity contribution is 0.728. The van der Waals surface area contributed by atoms with Crippen LogP contribution in [0.1, 0.15) is 48.1 Å². The lowest BCUT2D eigenvalue weighted by Gasteiger charge is -2.32. The summed E-state index contributed by atoms with van der Waals surface area (Å²) in [7, 11) is 0. The van der Waals surface area contributed by atoms with E-state index in [0.29, 0.717) is 11.8 Å². The minimum absolute atomic E-state index is 0.405. The number of fused-ring (bicyclic) bond motifs is 3. The lowest BCUT2D eigenvalue weighted by atomic mass is 9.89. The molecule has 192 valence electrons. The van der Waals surface area contributed by atoms with Gasteiger partial charge in [0, 0.05) is 38.0 Å². The summed E-state index contributed by atoms with van der Waals surface area (Å²) >= 11 is 1.98. The van der Waals surface area contributed by atoms with Gasteiger partial charge in [-0.1, -0.05) is 91.9 Å². The van der Waals surface area contributed by atoms with Crippen LogP contribution in [0.2, 0.25) is 0 Å². The van der Waals surface area contributed by atoms with Crippen molar-refractivity contribution in [3.8, 4) is 11.1 Å². The molecule has 39 heavy (non-hydrogen) atoms. The van der Waals surface area contributed by atoms with Gasteiger partial charge in [0.2, 0.25) is 0 Å². The van der Waals surface area contributed by atoms with Gasteiger partial charge in [-0.3, -0.25) is 0 Å². The van der Waals surface area contributed by atoms with Crippen LogP contribution in [0.4, 0.5) is 5.69 Å². The first-order chi connectivity index (χ1) is 19.2. The largest absolute Gasteiger partial charge is 0.315 e. The van der Waals surface area contributed by atoms with E-state index in [1.165, 1.54) is 55.8 Å². The lowest BCUT2D eigenvalue weighted by Crippen LogP contribution is -2.23. The van der Waals surface area contributed by atoms with E-state index < -0.39 is 0 Å². The van der Waals surface area contributed by atoms with Gasteiger partial charge in [0.1, 0.15) is 0 Å². The number of hydrogen-bond donors (Lipinski definition) is 0. The second-order valence-corrected chi connectivity index (χ2v) is 12.1. The molecule has 7 rings (SSSR count). The molecule has 0 spiro atoms. The predicted molar refractivity (Wildman–Crippen MR) is 169 cm³/mol. The molecule has 0 radical (unpaired) electrons. The summed E-state index contributed by atoms with van der Waals surface area (Å²) in [5.41, 5.74) is 9.22. The van der Waals surface area contributed by atoms with Gasteiger partial charge in [0.15, 0.2) is 0 Å². The Balaban J connectivity index is 1.17. The first-order valence-corrected chi connectivity index (χ1v) is 15.0. The van der Waals surface area contributed by atoms with Crippen molar-refractivity contribution >= 4 is 33.2 Å². The second-order valence-electron chi connectivity index (χ2n) is 10.9. The number of thiophene rings is 1. The van der Waals surface area contributed by atoms with E-state index in [-0.39, 0.29) is 0 Å². The molecule has 3 aromatic carbocycles. The van der Waals surface area contributed by atoms with Crippen LogP contribution in [0, 0.1) is 5.92 Å². The average molecular weight is 524 g/mol. The van der Waals surface area contributed by atoms with Crippen molar-refractivity contribution in [3.63, 3.8) is 0 Å². The van der Waals surface area contributed by atoms with Crippen LogP contribution < -0.4 is 4.90 Å². The van der Waals surface area contributed by atoms with Crippen LogP contribution in [0.15, 0.2) is 127 Å². The summed E-state index contributed by atoms with van der Waals surface area (Å²) in [5, 5.41) is 1.43. The van der Waals surface area contributed by atoms with Crippen LogP contribution >= 0.6 is 11.3 Å². The molecule has 3 aliphatic rings. The van der Waals surface area contributed by atoms with E-state index in [2.05, 4.69) is 133 Å². The Labute approximate surface area is 235 Å². The van der Waals surface area contributed by atoms with E-state index in [1.807, 2.05) is 11.3 Å². The molecule has 1 heterocycles. The van der Waals surface area contributed by atoms with Crippen LogP contribution in [0.25, 0.3) is 27.3 Å². The first kappa shape index (κ1) is 24.2. The zero-order valence-electron chi connectivity index (χ0n) is 22.4. The third-order valence-corrected chi connectivity index (χ3v) is 9.41. The Morgan fingerprint density at radius 3 is 2.49 bits per heavy atom. The molecule has 4 aromatic rings. The van der Waals surface area contributed by atoms with Crippen molar-refractivity contribution in [2.45, 2.75) is 38.5 Å². The van der Waals surface area contributed by atoms with Crippen LogP contribution in [-0.2, 0) is 6.42 Å². The Morgan fingerprint density at radius 1 is 0.872 bits per heavy atom. The van der Waals surface area contributed by atoms with Gasteiger partial charge < -0.3 is 4.90 Å². The van der Waals surface area contributed by atoms with Gasteiger partial charge in [-0.05, 0) is 90.3 Å². The molecule has 2 heteroatoms. The van der Waals surface area contributed by atoms with Crippen molar-refractivity contribution in [2.75, 3.05) is 4.90 Å². The molecule has 0 aliphatic heterocycles. The number of allylic oxidation sites excluding steroid dienone is 8. The molecular formula is C37H33NS. The molecule has 0 saturated carbocycles. The van der Waals surface area contributed by atoms with Crippen molar-refractivity contribution in [1.29, 1.82) is 0 Å². The summed E-state index contributed by atoms with van der Waals surface area (Å²) in [6.07, 6.45) is 23.0. The monoisotopic (exact) mass is 523 g/mol. The maximum Gasteiger partial charge on any atom is 0.0458 e. The fraction of sp³-hybridized carbons (Fsp3) is 0.189. The molecule has 0 amide bonds. The summed E-state index contributed by atoms with van der Waals surface area (Å²) in [6.45, 7) is 2.31. The number of benzene rings is 3. The number of nitrogens with zero attached hydrogens (tertiary/aromatic N) is 1. The van der Waals surface area contributed by atoms with Crippen LogP contribution in [-0.4, -0.2) is 0 Å². The van der Waals surface area contributed by atoms with E-state index in [4.69, 9.17) is 0 Å². The normalized spacial score (nSPS) is 20.0. The number of hydrogen-bond acceptors (Lipinski definition) is 2. The quantitative estimate of drug-likeness (QED) is 0.251. The maximum absolute atomic E-state index is 2.45. The fourth-order valence-corrected chi connectivity index (χ4v) is 7.40. The number of rotatable bonds is 5. The highest BCUT2D eigenvalue weighted by atomic mass is 32.1. The number of anilines is 1. The molecule has 1 nitrogen and oxygen atoms in total. The van der Waals surface area contributed by atoms with Crippen molar-refractivity contribution < 1.29 is 0 Å². The summed E-state index contributed by atoms with van der Waals surface area (Å²) < 4.78 is 1.42. The highest BCUT2D eigenvalue weighted by molar-refractivity contribution is 7.19. The molecule has 3 aliphatic carbocycles. The van der Waals surface area contributed by atoms with Gasteiger partial charge in [0.25, 0.3) is 0 Å². The average Bonchev–Trinajstić information content (AvgIpc) is 3.36. The topological polar surface area (TPSA) is 3.24 Å². The molecular weight excluding hydrogens is 490 g/mol. The van der Waals surface area contributed by atoms with Gasteiger partial charge in [-0.15, -0.1) is 11.3 Å². The standard InChI is InChI=1S/C37H33NS/c1-26-12-22-34-35-25-30(17-23-36(35)39-37(34)24-26)29-15-20-33(21-16-29)38(31-10-6-3-7-11-31)32-18-13-28(14-19-32)27-8-4-2-5-9-27/h2-6,8-10,12-15,17-23,25-26,29H,7,11,16,24H2,1H3. The molecule has 2 atom stereocenters. The van der Waals surface area contributed by atoms with Crippen LogP contribution in [0.5, 0.6) is 0 Å². The Morgan fingerprint density at radius 2 is 1.72 bits per heavy atom. The molecule has 0 fully saturated rings. The maximum atomic E-state index is 2.45. The highest BCUT2D eigenvalue weighted by Gasteiger charge is 2.21. The zero-order valence-corrected chi connectivity index (χ0v) is 23.2. The van der Waals surface area contributed by atoms with E-state index >= 15 is 0 Å². The van der Waals surface area contributed by atoms with Gasteiger partial charge in [0.05, 0.1) is 0 Å². The smallest absolute Gasteiger partial charge is 0.0458 e. The van der Waals surface area contributed by atoms with E-state index in [0.717, 1.165) is 19.3 Å². The van der Waals surface area contributed by atoms with Gasteiger partial charge in [-0.25, -0.2) is 0 Å². The molecule has 2 unspecified atom stereocenters. The van der Waals surface area contributed by atoms with Gasteiger partial charge in [-0.2, -0.15) is 0 Å². The third-order valence-electron chi connectivity index (χ3n) is 8.20. The van der Waals surface area contributed by atoms with Crippen molar-refractivity contribution in [1.82, 2.24) is 0 Å². The first-order valence-electron chi connectivity index (χ1n) is 14.2. The van der Waals surface area contributed by atoms with E-state index in [1.54, 1.807) is 4.88 Å². The van der Waals surface area contributed by atoms with Crippen molar-refractivity contribution in [3.05, 3.63) is 143 Å². The summed E-state index contributed by atoms with van der Waals surface area (Å²) in [4.78, 5) is 4.00. The molecule has 0 N–H and O–H groups in total. The Hall–Kier alpha value is -3.88. The van der Waals surface area contributed by atoms with E-state index in [9.17, 15) is 0 Å². The zero-order chi connectivity index (χ0) is 26.2. The SMILES string of the molecule is CC1C=Cc2c(sc3ccc(C4C=CC(N(C5=CC=CCC5)c5ccc(-c6ccccc6)cc5)=CC4)cc23)C1. The minimum atomic E-state index is 0.405. The van der Waals surface area contributed by atoms with Crippen molar-refractivity contribution in [2.24, 2.45) is 5.92 Å². The fourth-order valence-electron chi connectivity index (χ4n) is 6.08.